The third kappa shape index (κ3) is 2.74. The van der Waals surface area contributed by atoms with Crippen LogP contribution >= 0.6 is 27.3 Å². The van der Waals surface area contributed by atoms with Crippen LogP contribution in [0.25, 0.3) is 16.4 Å². The Balaban J connectivity index is 1.98. The van der Waals surface area contributed by atoms with Crippen molar-refractivity contribution in [1.29, 1.82) is 0 Å². The SMILES string of the molecule is COC(=O)c1csc(-c2nn(-c3ccccc3)cc2Br)n1. The highest BCUT2D eigenvalue weighted by atomic mass is 79.9. The van der Waals surface area contributed by atoms with Crippen LogP contribution in [0.15, 0.2) is 46.4 Å². The van der Waals surface area contributed by atoms with Gasteiger partial charge < -0.3 is 4.74 Å². The molecule has 7 heteroatoms. The first-order chi connectivity index (χ1) is 10.2. The third-order valence-electron chi connectivity index (χ3n) is 2.79. The number of carbonyl (C=O) groups is 1. The number of para-hydroxylation sites is 1. The van der Waals surface area contributed by atoms with Crippen LogP contribution in [0.1, 0.15) is 10.5 Å². The van der Waals surface area contributed by atoms with Gasteiger partial charge in [0, 0.05) is 11.6 Å². The van der Waals surface area contributed by atoms with Crippen LogP contribution in [0.5, 0.6) is 0 Å². The second kappa shape index (κ2) is 5.79. The molecule has 0 fully saturated rings. The molecule has 2 aromatic heterocycles. The van der Waals surface area contributed by atoms with Gasteiger partial charge in [-0.3, -0.25) is 0 Å². The number of esters is 1. The fraction of sp³-hybridized carbons (Fsp3) is 0.0714. The second-order valence-electron chi connectivity index (χ2n) is 4.14. The van der Waals surface area contributed by atoms with Crippen LogP contribution in [0.2, 0.25) is 0 Å². The number of rotatable bonds is 3. The van der Waals surface area contributed by atoms with Crippen molar-refractivity contribution in [2.24, 2.45) is 0 Å². The van der Waals surface area contributed by atoms with E-state index in [0.717, 1.165) is 10.2 Å². The first-order valence-corrected chi connectivity index (χ1v) is 7.71. The van der Waals surface area contributed by atoms with Crippen LogP contribution in [0.4, 0.5) is 0 Å². The lowest BCUT2D eigenvalue weighted by atomic mass is 10.3. The van der Waals surface area contributed by atoms with Crippen molar-refractivity contribution >= 4 is 33.2 Å². The smallest absolute Gasteiger partial charge is 0.357 e. The van der Waals surface area contributed by atoms with Gasteiger partial charge in [-0.15, -0.1) is 11.3 Å². The summed E-state index contributed by atoms with van der Waals surface area (Å²) < 4.78 is 7.24. The average Bonchev–Trinajstić information content (AvgIpc) is 3.14. The van der Waals surface area contributed by atoms with E-state index in [0.29, 0.717) is 16.4 Å². The quantitative estimate of drug-likeness (QED) is 0.667. The monoisotopic (exact) mass is 363 g/mol. The first-order valence-electron chi connectivity index (χ1n) is 6.04. The molecule has 106 valence electrons. The highest BCUT2D eigenvalue weighted by Crippen LogP contribution is 2.30. The molecule has 0 radical (unpaired) electrons. The Bertz CT molecular complexity index is 783. The van der Waals surface area contributed by atoms with E-state index >= 15 is 0 Å². The molecule has 0 amide bonds. The zero-order valence-electron chi connectivity index (χ0n) is 11.0. The Morgan fingerprint density at radius 1 is 1.33 bits per heavy atom. The lowest BCUT2D eigenvalue weighted by Gasteiger charge is -1.98. The molecule has 0 N–H and O–H groups in total. The van der Waals surface area contributed by atoms with E-state index in [9.17, 15) is 4.79 Å². The molecular formula is C14H10BrN3O2S. The molecule has 3 aromatic rings. The predicted molar refractivity (Wildman–Crippen MR) is 83.7 cm³/mol. The Labute approximate surface area is 133 Å². The van der Waals surface area contributed by atoms with Gasteiger partial charge in [0.25, 0.3) is 0 Å². The fourth-order valence-corrected chi connectivity index (χ4v) is 3.17. The Morgan fingerprint density at radius 2 is 2.10 bits per heavy atom. The summed E-state index contributed by atoms with van der Waals surface area (Å²) in [6.45, 7) is 0. The number of nitrogens with zero attached hydrogens (tertiary/aromatic N) is 3. The van der Waals surface area contributed by atoms with Gasteiger partial charge in [-0.25, -0.2) is 14.5 Å². The number of ether oxygens (including phenoxy) is 1. The zero-order chi connectivity index (χ0) is 14.8. The average molecular weight is 364 g/mol. The fourth-order valence-electron chi connectivity index (χ4n) is 1.79. The van der Waals surface area contributed by atoms with E-state index in [1.165, 1.54) is 18.4 Å². The van der Waals surface area contributed by atoms with Gasteiger partial charge in [-0.1, -0.05) is 18.2 Å². The Morgan fingerprint density at radius 3 is 2.81 bits per heavy atom. The molecule has 0 atom stereocenters. The maximum Gasteiger partial charge on any atom is 0.357 e. The molecule has 2 heterocycles. The number of hydrogen-bond donors (Lipinski definition) is 0. The van der Waals surface area contributed by atoms with Crippen molar-refractivity contribution in [3.63, 3.8) is 0 Å². The van der Waals surface area contributed by atoms with E-state index in [-0.39, 0.29) is 0 Å². The molecule has 0 bridgehead atoms. The summed E-state index contributed by atoms with van der Waals surface area (Å²) in [5.41, 5.74) is 1.94. The number of thiazole rings is 1. The van der Waals surface area contributed by atoms with Crippen LogP contribution in [-0.4, -0.2) is 27.8 Å². The molecule has 1 aromatic carbocycles. The van der Waals surface area contributed by atoms with Crippen LogP contribution in [0, 0.1) is 0 Å². The first kappa shape index (κ1) is 14.0. The molecule has 0 saturated carbocycles. The molecule has 5 nitrogen and oxygen atoms in total. The number of halogens is 1. The zero-order valence-corrected chi connectivity index (χ0v) is 13.4. The molecule has 0 saturated heterocycles. The Hall–Kier alpha value is -1.99. The summed E-state index contributed by atoms with van der Waals surface area (Å²) in [5.74, 6) is -0.448. The van der Waals surface area contributed by atoms with Crippen LogP contribution < -0.4 is 0 Å². The van der Waals surface area contributed by atoms with Crippen LogP contribution in [-0.2, 0) is 4.74 Å². The highest BCUT2D eigenvalue weighted by Gasteiger charge is 2.17. The van der Waals surface area contributed by atoms with E-state index in [1.54, 1.807) is 10.1 Å². The van der Waals surface area contributed by atoms with E-state index in [2.05, 4.69) is 30.7 Å². The summed E-state index contributed by atoms with van der Waals surface area (Å²) in [4.78, 5) is 15.7. The van der Waals surface area contributed by atoms with Crippen molar-refractivity contribution in [2.75, 3.05) is 7.11 Å². The van der Waals surface area contributed by atoms with E-state index < -0.39 is 5.97 Å². The van der Waals surface area contributed by atoms with Crippen molar-refractivity contribution in [2.45, 2.75) is 0 Å². The van der Waals surface area contributed by atoms with Crippen LogP contribution in [0.3, 0.4) is 0 Å². The molecule has 0 aliphatic heterocycles. The second-order valence-corrected chi connectivity index (χ2v) is 5.85. The van der Waals surface area contributed by atoms with Gasteiger partial charge in [0.15, 0.2) is 5.69 Å². The van der Waals surface area contributed by atoms with Gasteiger partial charge in [-0.2, -0.15) is 5.10 Å². The number of benzene rings is 1. The van der Waals surface area contributed by atoms with Gasteiger partial charge in [0.05, 0.1) is 17.3 Å². The lowest BCUT2D eigenvalue weighted by molar-refractivity contribution is 0.0595. The molecule has 0 spiro atoms. The topological polar surface area (TPSA) is 57.0 Å². The maximum absolute atomic E-state index is 11.5. The molecule has 0 aliphatic rings. The maximum atomic E-state index is 11.5. The normalized spacial score (nSPS) is 10.6. The van der Waals surface area contributed by atoms with Crippen molar-refractivity contribution in [3.8, 4) is 16.4 Å². The summed E-state index contributed by atoms with van der Waals surface area (Å²) in [6, 6.07) is 9.77. The summed E-state index contributed by atoms with van der Waals surface area (Å²) in [6.07, 6.45) is 1.86. The highest BCUT2D eigenvalue weighted by molar-refractivity contribution is 9.10. The lowest BCUT2D eigenvalue weighted by Crippen LogP contribution is -2.01. The standard InChI is InChI=1S/C14H10BrN3O2S/c1-20-14(19)11-8-21-13(16-11)12-10(15)7-18(17-12)9-5-3-2-4-6-9/h2-8H,1H3. The number of methoxy groups -OCH3 is 1. The Kier molecular flexibility index (Phi) is 3.85. The van der Waals surface area contributed by atoms with Gasteiger partial charge in [-0.05, 0) is 28.1 Å². The van der Waals surface area contributed by atoms with E-state index in [1.807, 2.05) is 36.5 Å². The van der Waals surface area contributed by atoms with Crippen molar-refractivity contribution in [3.05, 3.63) is 52.1 Å². The molecule has 3 rings (SSSR count). The minimum absolute atomic E-state index is 0.290. The molecule has 0 aliphatic carbocycles. The molecular weight excluding hydrogens is 354 g/mol. The van der Waals surface area contributed by atoms with Gasteiger partial charge in [0.1, 0.15) is 10.7 Å². The summed E-state index contributed by atoms with van der Waals surface area (Å²) in [5, 5.41) is 6.84. The summed E-state index contributed by atoms with van der Waals surface area (Å²) >= 11 is 4.83. The van der Waals surface area contributed by atoms with Crippen molar-refractivity contribution in [1.82, 2.24) is 14.8 Å². The number of hydrogen-bond acceptors (Lipinski definition) is 5. The summed E-state index contributed by atoms with van der Waals surface area (Å²) in [7, 11) is 1.33. The van der Waals surface area contributed by atoms with Gasteiger partial charge in [0.2, 0.25) is 0 Å². The van der Waals surface area contributed by atoms with Gasteiger partial charge >= 0.3 is 5.97 Å². The molecule has 21 heavy (non-hydrogen) atoms. The van der Waals surface area contributed by atoms with Crippen molar-refractivity contribution < 1.29 is 9.53 Å². The third-order valence-corrected chi connectivity index (χ3v) is 4.22. The van der Waals surface area contributed by atoms with E-state index in [4.69, 9.17) is 0 Å². The number of aromatic nitrogens is 3. The minimum atomic E-state index is -0.448. The largest absolute Gasteiger partial charge is 0.464 e. The predicted octanol–water partition coefficient (Wildman–Crippen LogP) is 3.54. The number of carbonyl (C=O) groups excluding carboxylic acids is 1. The molecule has 0 unspecified atom stereocenters. The minimum Gasteiger partial charge on any atom is -0.464 e.